The van der Waals surface area contributed by atoms with Crippen LogP contribution < -0.4 is 0 Å². The first-order chi connectivity index (χ1) is 12.4. The van der Waals surface area contributed by atoms with Gasteiger partial charge in [0.2, 0.25) is 0 Å². The van der Waals surface area contributed by atoms with Crippen molar-refractivity contribution in [3.8, 4) is 0 Å². The van der Waals surface area contributed by atoms with Crippen molar-refractivity contribution < 1.29 is 28.7 Å². The van der Waals surface area contributed by atoms with E-state index >= 15 is 0 Å². The van der Waals surface area contributed by atoms with Gasteiger partial charge in [-0.15, -0.1) is 0 Å². The largest absolute Gasteiger partial charge is 0.469 e. The molecule has 0 aliphatic heterocycles. The molecule has 0 radical (unpaired) electrons. The van der Waals surface area contributed by atoms with E-state index in [1.165, 1.54) is 18.1 Å². The molecule has 0 aliphatic rings. The van der Waals surface area contributed by atoms with Gasteiger partial charge in [0, 0.05) is 0 Å². The van der Waals surface area contributed by atoms with E-state index in [2.05, 4.69) is 42.4 Å². The first kappa shape index (κ1) is 26.4. The molecule has 1 atom stereocenters. The zero-order valence-corrected chi connectivity index (χ0v) is 18.7. The van der Waals surface area contributed by atoms with Crippen LogP contribution in [0.4, 0.5) is 0 Å². The van der Waals surface area contributed by atoms with E-state index in [0.29, 0.717) is 0 Å². The van der Waals surface area contributed by atoms with Crippen molar-refractivity contribution in [2.24, 2.45) is 4.99 Å². The molecule has 27 heavy (non-hydrogen) atoms. The van der Waals surface area contributed by atoms with Crippen LogP contribution in [0.2, 0.25) is 0 Å². The Morgan fingerprint density at radius 1 is 1.00 bits per heavy atom. The molecule has 9 heteroatoms. The van der Waals surface area contributed by atoms with E-state index < -0.39 is 20.7 Å². The maximum absolute atomic E-state index is 11.9. The molecule has 0 spiro atoms. The van der Waals surface area contributed by atoms with Crippen molar-refractivity contribution in [1.82, 2.24) is 0 Å². The summed E-state index contributed by atoms with van der Waals surface area (Å²) >= 11 is 0. The Kier molecular flexibility index (Phi) is 12.4. The Hall–Kier alpha value is -0.650. The minimum atomic E-state index is -4.72. The quantitative estimate of drug-likeness (QED) is 0.205. The number of hydrogen-bond acceptors (Lipinski definition) is 6. The Labute approximate surface area is 163 Å². The van der Waals surface area contributed by atoms with Crippen molar-refractivity contribution in [3.05, 3.63) is 34.9 Å². The van der Waals surface area contributed by atoms with Gasteiger partial charge in [0.25, 0.3) is 0 Å². The lowest BCUT2D eigenvalue weighted by atomic mass is 10.1. The summed E-state index contributed by atoms with van der Waals surface area (Å²) in [6.45, 7) is 9.48. The van der Waals surface area contributed by atoms with Crippen LogP contribution >= 0.6 is 15.5 Å². The zero-order valence-electron chi connectivity index (χ0n) is 16.9. The predicted octanol–water partition coefficient (Wildman–Crippen LogP) is 4.72. The van der Waals surface area contributed by atoms with Gasteiger partial charge in [-0.2, -0.15) is 14.7 Å². The highest BCUT2D eigenvalue weighted by Crippen LogP contribution is 2.62. The van der Waals surface area contributed by atoms with Gasteiger partial charge >= 0.3 is 20.7 Å². The van der Waals surface area contributed by atoms with Crippen molar-refractivity contribution in [2.75, 3.05) is 13.2 Å². The third-order valence-electron chi connectivity index (χ3n) is 3.62. The lowest BCUT2D eigenvalue weighted by Crippen LogP contribution is -2.09. The normalized spacial score (nSPS) is 16.3. The van der Waals surface area contributed by atoms with Crippen LogP contribution in [0.15, 0.2) is 39.9 Å². The van der Waals surface area contributed by atoms with Gasteiger partial charge in [-0.1, -0.05) is 34.9 Å². The van der Waals surface area contributed by atoms with E-state index in [0.717, 1.165) is 31.3 Å². The topological polar surface area (TPSA) is 120 Å². The maximum Gasteiger partial charge on any atom is 0.469 e. The summed E-state index contributed by atoms with van der Waals surface area (Å²) in [7, 11) is -9.25. The second kappa shape index (κ2) is 12.7. The van der Waals surface area contributed by atoms with E-state index in [1.54, 1.807) is 6.08 Å². The van der Waals surface area contributed by atoms with Crippen LogP contribution in [0.5, 0.6) is 0 Å². The van der Waals surface area contributed by atoms with Gasteiger partial charge < -0.3 is 9.42 Å². The average molecular weight is 422 g/mol. The van der Waals surface area contributed by atoms with Crippen molar-refractivity contribution >= 4 is 20.7 Å². The van der Waals surface area contributed by atoms with Gasteiger partial charge in [-0.25, -0.2) is 9.56 Å². The molecule has 0 aromatic rings. The third kappa shape index (κ3) is 12.4. The molecule has 0 fully saturated rings. The monoisotopic (exact) mass is 422 g/mol. The Morgan fingerprint density at radius 3 is 2.00 bits per heavy atom. The van der Waals surface area contributed by atoms with E-state index in [-0.39, 0.29) is 13.2 Å². The van der Waals surface area contributed by atoms with E-state index in [1.807, 2.05) is 6.92 Å². The standard InChI is InChI=1S/C18H33NO6P2/c1-6-25-27(23,24)18(26(20,21)22)19-14-13-17(5)12-8-11-16(4)10-7-9-15(2)3/h9,11,13,20-22H,6-8,10,12,14H2,1-5H3/p+1. The number of aliphatic imine (C=N–C) groups is 1. The molecule has 0 saturated carbocycles. The SMILES string of the molecule is CCOP(=O)(O)C(=NCC=C(C)CCC=C(C)CCC=C(C)C)[P+](O)(O)O. The maximum atomic E-state index is 11.9. The van der Waals surface area contributed by atoms with Gasteiger partial charge in [0.1, 0.15) is 0 Å². The Bertz CT molecular complexity index is 628. The molecule has 0 rings (SSSR count). The molecule has 0 saturated heterocycles. The first-order valence-corrected chi connectivity index (χ1v) is 12.2. The highest BCUT2D eigenvalue weighted by Gasteiger charge is 2.53. The summed E-state index contributed by atoms with van der Waals surface area (Å²) in [5.41, 5.74) is 3.65. The smallest absolute Gasteiger partial charge is 0.317 e. The molecule has 156 valence electrons. The molecule has 7 nitrogen and oxygen atoms in total. The van der Waals surface area contributed by atoms with Crippen LogP contribution in [0, 0.1) is 0 Å². The van der Waals surface area contributed by atoms with Crippen LogP contribution in [0.3, 0.4) is 0 Å². The molecular weight excluding hydrogens is 388 g/mol. The zero-order chi connectivity index (χ0) is 21.1. The molecule has 1 unspecified atom stereocenters. The second-order valence-corrected chi connectivity index (χ2v) is 10.2. The summed E-state index contributed by atoms with van der Waals surface area (Å²) in [5.74, 6) is 0. The Morgan fingerprint density at radius 2 is 1.52 bits per heavy atom. The Balaban J connectivity index is 4.76. The fraction of sp³-hybridized carbons (Fsp3) is 0.611. The number of nitrogens with zero attached hydrogens (tertiary/aromatic N) is 1. The molecule has 0 aliphatic carbocycles. The fourth-order valence-electron chi connectivity index (χ4n) is 2.21. The summed E-state index contributed by atoms with van der Waals surface area (Å²) in [5, 5.41) is -0.976. The second-order valence-electron chi connectivity index (χ2n) is 6.61. The van der Waals surface area contributed by atoms with Crippen LogP contribution in [0.1, 0.15) is 60.3 Å². The van der Waals surface area contributed by atoms with Crippen LogP contribution in [0.25, 0.3) is 0 Å². The first-order valence-electron chi connectivity index (χ1n) is 8.95. The van der Waals surface area contributed by atoms with Crippen LogP contribution in [-0.2, 0) is 9.09 Å². The molecular formula is C18H34NO6P2+. The van der Waals surface area contributed by atoms with Gasteiger partial charge in [0.05, 0.1) is 13.2 Å². The lowest BCUT2D eigenvalue weighted by molar-refractivity contribution is 0.285. The molecule has 0 aromatic heterocycles. The lowest BCUT2D eigenvalue weighted by Gasteiger charge is -2.12. The average Bonchev–Trinajstić information content (AvgIpc) is 2.49. The summed E-state index contributed by atoms with van der Waals surface area (Å²) in [6, 6.07) is 0. The van der Waals surface area contributed by atoms with Gasteiger partial charge in [0.15, 0.2) is 0 Å². The highest BCUT2D eigenvalue weighted by molar-refractivity contribution is 8.00. The van der Waals surface area contributed by atoms with E-state index in [4.69, 9.17) is 0 Å². The van der Waals surface area contributed by atoms with Crippen LogP contribution in [-0.4, -0.2) is 37.9 Å². The number of hydrogen-bond donors (Lipinski definition) is 4. The van der Waals surface area contributed by atoms with E-state index in [9.17, 15) is 24.1 Å². The summed E-state index contributed by atoms with van der Waals surface area (Å²) < 4.78 is 16.5. The highest BCUT2D eigenvalue weighted by atomic mass is 31.3. The fourth-order valence-corrected chi connectivity index (χ4v) is 4.74. The predicted molar refractivity (Wildman–Crippen MR) is 113 cm³/mol. The minimum absolute atomic E-state index is 0.0501. The van der Waals surface area contributed by atoms with Crippen molar-refractivity contribution in [2.45, 2.75) is 60.3 Å². The molecule has 4 N–H and O–H groups in total. The van der Waals surface area contributed by atoms with Crippen molar-refractivity contribution in [1.29, 1.82) is 0 Å². The molecule has 0 heterocycles. The number of rotatable bonds is 12. The van der Waals surface area contributed by atoms with Gasteiger partial charge in [-0.05, 0) is 60.3 Å². The molecule has 0 aromatic carbocycles. The minimum Gasteiger partial charge on any atom is -0.317 e. The third-order valence-corrected chi connectivity index (χ3v) is 7.12. The summed E-state index contributed by atoms with van der Waals surface area (Å²) in [4.78, 5) is 41.5. The van der Waals surface area contributed by atoms with Crippen molar-refractivity contribution in [3.63, 3.8) is 0 Å². The summed E-state index contributed by atoms with van der Waals surface area (Å²) in [6.07, 6.45) is 9.85. The molecule has 0 amide bonds. The molecule has 0 bridgehead atoms. The van der Waals surface area contributed by atoms with Gasteiger partial charge in [-0.3, -0.25) is 0 Å². The number of allylic oxidation sites excluding steroid dienone is 5.